The SMILES string of the molecule is CC(C)(O)CNC(=O)c1cc(COCc2ccc3ccccc3c2)on1. The predicted octanol–water partition coefficient (Wildman–Crippen LogP) is 3.05. The Kier molecular flexibility index (Phi) is 5.35. The molecule has 3 rings (SSSR count). The van der Waals surface area contributed by atoms with E-state index in [1.54, 1.807) is 19.9 Å². The summed E-state index contributed by atoms with van der Waals surface area (Å²) >= 11 is 0. The summed E-state index contributed by atoms with van der Waals surface area (Å²) in [5, 5.41) is 18.3. The monoisotopic (exact) mass is 354 g/mol. The van der Waals surface area contributed by atoms with Crippen LogP contribution in [0, 0.1) is 0 Å². The Morgan fingerprint density at radius 1 is 1.15 bits per heavy atom. The van der Waals surface area contributed by atoms with Crippen molar-refractivity contribution >= 4 is 16.7 Å². The topological polar surface area (TPSA) is 84.6 Å². The van der Waals surface area contributed by atoms with Gasteiger partial charge in [0.05, 0.1) is 12.2 Å². The van der Waals surface area contributed by atoms with Crippen LogP contribution in [0.2, 0.25) is 0 Å². The first-order valence-corrected chi connectivity index (χ1v) is 8.42. The van der Waals surface area contributed by atoms with Crippen molar-refractivity contribution in [2.45, 2.75) is 32.7 Å². The summed E-state index contributed by atoms with van der Waals surface area (Å²) in [7, 11) is 0. The molecule has 2 aromatic carbocycles. The first kappa shape index (κ1) is 18.1. The van der Waals surface area contributed by atoms with Gasteiger partial charge in [0, 0.05) is 12.6 Å². The van der Waals surface area contributed by atoms with Crippen molar-refractivity contribution < 1.29 is 19.2 Å². The van der Waals surface area contributed by atoms with Crippen molar-refractivity contribution in [1.29, 1.82) is 0 Å². The van der Waals surface area contributed by atoms with Crippen molar-refractivity contribution in [3.05, 3.63) is 65.5 Å². The standard InChI is InChI=1S/C20H22N2O4/c1-20(2,24)13-21-19(23)18-10-17(26-22-18)12-25-11-14-7-8-15-5-3-4-6-16(15)9-14/h3-10,24H,11-13H2,1-2H3,(H,21,23). The number of hydrogen-bond donors (Lipinski definition) is 2. The second kappa shape index (κ2) is 7.68. The highest BCUT2D eigenvalue weighted by Crippen LogP contribution is 2.16. The Morgan fingerprint density at radius 3 is 2.69 bits per heavy atom. The van der Waals surface area contributed by atoms with E-state index in [4.69, 9.17) is 9.26 Å². The number of carbonyl (C=O) groups excluding carboxylic acids is 1. The first-order valence-electron chi connectivity index (χ1n) is 8.42. The van der Waals surface area contributed by atoms with Gasteiger partial charge in [0.2, 0.25) is 0 Å². The van der Waals surface area contributed by atoms with E-state index in [9.17, 15) is 9.90 Å². The van der Waals surface area contributed by atoms with Crippen LogP contribution >= 0.6 is 0 Å². The van der Waals surface area contributed by atoms with E-state index < -0.39 is 11.5 Å². The Bertz CT molecular complexity index is 896. The Balaban J connectivity index is 1.52. The van der Waals surface area contributed by atoms with Crippen LogP contribution in [0.3, 0.4) is 0 Å². The van der Waals surface area contributed by atoms with Crippen LogP contribution in [0.15, 0.2) is 53.1 Å². The molecule has 0 atom stereocenters. The van der Waals surface area contributed by atoms with Crippen molar-refractivity contribution in [2.75, 3.05) is 6.54 Å². The maximum Gasteiger partial charge on any atom is 0.273 e. The van der Waals surface area contributed by atoms with Gasteiger partial charge < -0.3 is 19.7 Å². The zero-order valence-corrected chi connectivity index (χ0v) is 14.9. The van der Waals surface area contributed by atoms with Gasteiger partial charge in [-0.05, 0) is 36.2 Å². The van der Waals surface area contributed by atoms with Gasteiger partial charge in [0.25, 0.3) is 5.91 Å². The predicted molar refractivity (Wildman–Crippen MR) is 97.6 cm³/mol. The Hall–Kier alpha value is -2.70. The van der Waals surface area contributed by atoms with Crippen LogP contribution in [0.5, 0.6) is 0 Å². The Morgan fingerprint density at radius 2 is 1.92 bits per heavy atom. The second-order valence-corrected chi connectivity index (χ2v) is 6.85. The zero-order chi connectivity index (χ0) is 18.6. The van der Waals surface area contributed by atoms with Crippen LogP contribution in [0.4, 0.5) is 0 Å². The molecule has 0 bridgehead atoms. The summed E-state index contributed by atoms with van der Waals surface area (Å²) in [6.07, 6.45) is 0. The smallest absolute Gasteiger partial charge is 0.273 e. The maximum absolute atomic E-state index is 11.9. The molecular formula is C20H22N2O4. The first-order chi connectivity index (χ1) is 12.4. The number of ether oxygens (including phenoxy) is 1. The van der Waals surface area contributed by atoms with Crippen LogP contribution < -0.4 is 5.32 Å². The van der Waals surface area contributed by atoms with Gasteiger partial charge in [-0.25, -0.2) is 0 Å². The molecule has 6 heteroatoms. The zero-order valence-electron chi connectivity index (χ0n) is 14.9. The largest absolute Gasteiger partial charge is 0.389 e. The molecule has 0 fully saturated rings. The van der Waals surface area contributed by atoms with E-state index in [2.05, 4.69) is 34.7 Å². The third-order valence-electron chi connectivity index (χ3n) is 3.80. The van der Waals surface area contributed by atoms with Gasteiger partial charge in [-0.15, -0.1) is 0 Å². The highest BCUT2D eigenvalue weighted by Gasteiger charge is 2.17. The number of benzene rings is 2. The minimum atomic E-state index is -0.981. The molecule has 3 aromatic rings. The van der Waals surface area contributed by atoms with Crippen LogP contribution in [0.1, 0.15) is 35.7 Å². The normalized spacial score (nSPS) is 11.7. The molecule has 0 aliphatic rings. The molecule has 6 nitrogen and oxygen atoms in total. The number of amides is 1. The number of aromatic nitrogens is 1. The lowest BCUT2D eigenvalue weighted by Crippen LogP contribution is -2.38. The van der Waals surface area contributed by atoms with Crippen molar-refractivity contribution in [2.24, 2.45) is 0 Å². The second-order valence-electron chi connectivity index (χ2n) is 6.85. The van der Waals surface area contributed by atoms with Crippen molar-refractivity contribution in [1.82, 2.24) is 10.5 Å². The van der Waals surface area contributed by atoms with Gasteiger partial charge in [0.15, 0.2) is 11.5 Å². The average Bonchev–Trinajstić information content (AvgIpc) is 3.08. The quantitative estimate of drug-likeness (QED) is 0.681. The molecule has 0 saturated heterocycles. The summed E-state index contributed by atoms with van der Waals surface area (Å²) in [5.41, 5.74) is 0.246. The van der Waals surface area contributed by atoms with Crippen LogP contribution in [-0.4, -0.2) is 28.3 Å². The molecule has 0 saturated carbocycles. The highest BCUT2D eigenvalue weighted by atomic mass is 16.5. The van der Waals surface area contributed by atoms with Crippen LogP contribution in [-0.2, 0) is 18.0 Å². The minimum Gasteiger partial charge on any atom is -0.389 e. The third-order valence-corrected chi connectivity index (χ3v) is 3.80. The van der Waals surface area contributed by atoms with E-state index in [1.165, 1.54) is 10.8 Å². The number of nitrogens with zero attached hydrogens (tertiary/aromatic N) is 1. The lowest BCUT2D eigenvalue weighted by molar-refractivity contribution is 0.0689. The fourth-order valence-corrected chi connectivity index (χ4v) is 2.47. The van der Waals surface area contributed by atoms with Crippen molar-refractivity contribution in [3.8, 4) is 0 Å². The number of nitrogens with one attached hydrogen (secondary N) is 1. The molecule has 136 valence electrons. The molecule has 0 spiro atoms. The molecule has 0 aliphatic carbocycles. The fourth-order valence-electron chi connectivity index (χ4n) is 2.47. The summed E-state index contributed by atoms with van der Waals surface area (Å²) < 4.78 is 10.8. The highest BCUT2D eigenvalue weighted by molar-refractivity contribution is 5.92. The average molecular weight is 354 g/mol. The molecule has 1 heterocycles. The lowest BCUT2D eigenvalue weighted by Gasteiger charge is -2.16. The van der Waals surface area contributed by atoms with Gasteiger partial charge in [0.1, 0.15) is 6.61 Å². The molecule has 0 unspecified atom stereocenters. The third kappa shape index (κ3) is 4.91. The molecule has 26 heavy (non-hydrogen) atoms. The number of aliphatic hydroxyl groups is 1. The van der Waals surface area contributed by atoms with E-state index in [0.717, 1.165) is 5.56 Å². The summed E-state index contributed by atoms with van der Waals surface area (Å²) in [5.74, 6) is 0.0795. The van der Waals surface area contributed by atoms with Gasteiger partial charge in [-0.3, -0.25) is 4.79 Å². The molecule has 0 aliphatic heterocycles. The number of carbonyl (C=O) groups is 1. The van der Waals surface area contributed by atoms with Gasteiger partial charge in [-0.2, -0.15) is 0 Å². The number of hydrogen-bond acceptors (Lipinski definition) is 5. The molecule has 0 radical (unpaired) electrons. The van der Waals surface area contributed by atoms with Gasteiger partial charge in [-0.1, -0.05) is 41.6 Å². The van der Waals surface area contributed by atoms with E-state index >= 15 is 0 Å². The summed E-state index contributed by atoms with van der Waals surface area (Å²) in [6, 6.07) is 15.9. The molecule has 2 N–H and O–H groups in total. The van der Waals surface area contributed by atoms with E-state index in [-0.39, 0.29) is 18.8 Å². The fraction of sp³-hybridized carbons (Fsp3) is 0.300. The van der Waals surface area contributed by atoms with E-state index in [1.807, 2.05) is 18.2 Å². The Labute approximate surface area is 151 Å². The van der Waals surface area contributed by atoms with Crippen LogP contribution in [0.25, 0.3) is 10.8 Å². The summed E-state index contributed by atoms with van der Waals surface area (Å²) in [6.45, 7) is 4.02. The summed E-state index contributed by atoms with van der Waals surface area (Å²) in [4.78, 5) is 11.9. The minimum absolute atomic E-state index is 0.131. The lowest BCUT2D eigenvalue weighted by atomic mass is 10.1. The van der Waals surface area contributed by atoms with E-state index in [0.29, 0.717) is 12.4 Å². The molecule has 1 aromatic heterocycles. The maximum atomic E-state index is 11.9. The molecule has 1 amide bonds. The molecular weight excluding hydrogens is 332 g/mol. The van der Waals surface area contributed by atoms with Crippen molar-refractivity contribution in [3.63, 3.8) is 0 Å². The number of fused-ring (bicyclic) bond motifs is 1. The number of rotatable bonds is 7. The van der Waals surface area contributed by atoms with Gasteiger partial charge >= 0.3 is 0 Å².